The quantitative estimate of drug-likeness (QED) is 0.692. The monoisotopic (exact) mass is 282 g/mol. The maximum Gasteiger partial charge on any atom is 0.271 e. The molecular formula is C17H18N2O2. The topological polar surface area (TPSA) is 50.7 Å². The van der Waals surface area contributed by atoms with E-state index in [9.17, 15) is 4.79 Å². The lowest BCUT2D eigenvalue weighted by Gasteiger charge is -2.03. The largest absolute Gasteiger partial charge is 0.497 e. The molecule has 0 aliphatic heterocycles. The number of ether oxygens (including phenoxy) is 1. The van der Waals surface area contributed by atoms with E-state index in [1.807, 2.05) is 50.2 Å². The molecule has 0 aliphatic carbocycles. The number of hydrogen-bond donors (Lipinski definition) is 1. The zero-order chi connectivity index (χ0) is 15.2. The van der Waals surface area contributed by atoms with Crippen molar-refractivity contribution in [1.82, 2.24) is 5.43 Å². The van der Waals surface area contributed by atoms with Crippen LogP contribution in [-0.2, 0) is 0 Å². The first-order valence-corrected chi connectivity index (χ1v) is 6.65. The van der Waals surface area contributed by atoms with Crippen LogP contribution in [0.5, 0.6) is 5.75 Å². The van der Waals surface area contributed by atoms with Crippen molar-refractivity contribution in [3.8, 4) is 5.75 Å². The summed E-state index contributed by atoms with van der Waals surface area (Å²) >= 11 is 0. The van der Waals surface area contributed by atoms with E-state index in [0.29, 0.717) is 5.56 Å². The summed E-state index contributed by atoms with van der Waals surface area (Å²) in [5.74, 6) is 0.564. The number of benzene rings is 2. The summed E-state index contributed by atoms with van der Waals surface area (Å²) in [6.07, 6.45) is 1.60. The van der Waals surface area contributed by atoms with Crippen molar-refractivity contribution < 1.29 is 9.53 Å². The molecule has 0 unspecified atom stereocenters. The standard InChI is InChI=1S/C17H18N2O2/c1-12-4-7-15(10-13(12)2)17(20)19-18-11-14-5-8-16(21-3)9-6-14/h4-11H,1-3H3,(H,19,20)/b18-11+. The van der Waals surface area contributed by atoms with E-state index in [1.165, 1.54) is 0 Å². The Hall–Kier alpha value is -2.62. The second-order valence-electron chi connectivity index (χ2n) is 4.77. The number of hydrazone groups is 1. The van der Waals surface area contributed by atoms with Crippen molar-refractivity contribution in [3.05, 3.63) is 64.7 Å². The lowest BCUT2D eigenvalue weighted by atomic mass is 10.1. The highest BCUT2D eigenvalue weighted by Gasteiger charge is 2.04. The normalized spacial score (nSPS) is 10.6. The number of rotatable bonds is 4. The highest BCUT2D eigenvalue weighted by Crippen LogP contribution is 2.10. The summed E-state index contributed by atoms with van der Waals surface area (Å²) in [6, 6.07) is 13.0. The maximum atomic E-state index is 12.0. The molecule has 2 aromatic rings. The fraction of sp³-hybridized carbons (Fsp3) is 0.176. The van der Waals surface area contributed by atoms with Crippen molar-refractivity contribution in [3.63, 3.8) is 0 Å². The van der Waals surface area contributed by atoms with Crippen LogP contribution >= 0.6 is 0 Å². The molecule has 0 spiro atoms. The Balaban J connectivity index is 1.99. The van der Waals surface area contributed by atoms with Gasteiger partial charge in [0.1, 0.15) is 5.75 Å². The molecule has 21 heavy (non-hydrogen) atoms. The molecule has 4 heteroatoms. The number of carbonyl (C=O) groups is 1. The van der Waals surface area contributed by atoms with Crippen LogP contribution < -0.4 is 10.2 Å². The smallest absolute Gasteiger partial charge is 0.271 e. The Labute approximate surface area is 124 Å². The Morgan fingerprint density at radius 3 is 2.43 bits per heavy atom. The van der Waals surface area contributed by atoms with Crippen LogP contribution in [0, 0.1) is 13.8 Å². The van der Waals surface area contributed by atoms with Gasteiger partial charge in [0.05, 0.1) is 13.3 Å². The molecule has 0 saturated carbocycles. The average Bonchev–Trinajstić information content (AvgIpc) is 2.50. The van der Waals surface area contributed by atoms with Gasteiger partial charge in [-0.15, -0.1) is 0 Å². The van der Waals surface area contributed by atoms with Crippen LogP contribution in [0.1, 0.15) is 27.0 Å². The van der Waals surface area contributed by atoms with Crippen LogP contribution in [0.3, 0.4) is 0 Å². The van der Waals surface area contributed by atoms with Crippen molar-refractivity contribution in [2.45, 2.75) is 13.8 Å². The molecular weight excluding hydrogens is 264 g/mol. The molecule has 2 rings (SSSR count). The number of hydrogen-bond acceptors (Lipinski definition) is 3. The van der Waals surface area contributed by atoms with Gasteiger partial charge in [-0.05, 0) is 66.9 Å². The van der Waals surface area contributed by atoms with E-state index in [-0.39, 0.29) is 5.91 Å². The maximum absolute atomic E-state index is 12.0. The highest BCUT2D eigenvalue weighted by molar-refractivity contribution is 5.95. The van der Waals surface area contributed by atoms with Crippen LogP contribution in [0.2, 0.25) is 0 Å². The van der Waals surface area contributed by atoms with E-state index in [4.69, 9.17) is 4.74 Å². The molecule has 2 aromatic carbocycles. The van der Waals surface area contributed by atoms with E-state index in [2.05, 4.69) is 10.5 Å². The lowest BCUT2D eigenvalue weighted by Crippen LogP contribution is -2.17. The summed E-state index contributed by atoms with van der Waals surface area (Å²) in [5.41, 5.74) is 6.25. The Kier molecular flexibility index (Phi) is 4.72. The van der Waals surface area contributed by atoms with Crippen molar-refractivity contribution in [2.75, 3.05) is 7.11 Å². The second kappa shape index (κ2) is 6.70. The Bertz CT molecular complexity index is 661. The lowest BCUT2D eigenvalue weighted by molar-refractivity contribution is 0.0955. The first-order chi connectivity index (χ1) is 10.1. The molecule has 1 N–H and O–H groups in total. The number of nitrogens with zero attached hydrogens (tertiary/aromatic N) is 1. The zero-order valence-electron chi connectivity index (χ0n) is 12.4. The summed E-state index contributed by atoms with van der Waals surface area (Å²) in [5, 5.41) is 3.96. The van der Waals surface area contributed by atoms with Gasteiger partial charge in [-0.2, -0.15) is 5.10 Å². The van der Waals surface area contributed by atoms with E-state index in [1.54, 1.807) is 19.4 Å². The van der Waals surface area contributed by atoms with Gasteiger partial charge in [0.2, 0.25) is 0 Å². The fourth-order valence-electron chi connectivity index (χ4n) is 1.80. The van der Waals surface area contributed by atoms with Gasteiger partial charge in [-0.25, -0.2) is 5.43 Å². The molecule has 4 nitrogen and oxygen atoms in total. The average molecular weight is 282 g/mol. The third-order valence-corrected chi connectivity index (χ3v) is 3.26. The van der Waals surface area contributed by atoms with Gasteiger partial charge < -0.3 is 4.74 Å². The van der Waals surface area contributed by atoms with E-state index < -0.39 is 0 Å². The fourth-order valence-corrected chi connectivity index (χ4v) is 1.80. The number of nitrogens with one attached hydrogen (secondary N) is 1. The molecule has 1 amide bonds. The molecule has 0 saturated heterocycles. The second-order valence-corrected chi connectivity index (χ2v) is 4.77. The first-order valence-electron chi connectivity index (χ1n) is 6.65. The number of aryl methyl sites for hydroxylation is 2. The van der Waals surface area contributed by atoms with Gasteiger partial charge in [-0.3, -0.25) is 4.79 Å². The molecule has 0 aliphatic rings. The number of amides is 1. The predicted octanol–water partition coefficient (Wildman–Crippen LogP) is 3.08. The van der Waals surface area contributed by atoms with E-state index in [0.717, 1.165) is 22.4 Å². The molecule has 0 aromatic heterocycles. The van der Waals surface area contributed by atoms with E-state index >= 15 is 0 Å². The molecule has 108 valence electrons. The molecule has 0 fully saturated rings. The van der Waals surface area contributed by atoms with Crippen LogP contribution in [0.15, 0.2) is 47.6 Å². The number of carbonyl (C=O) groups excluding carboxylic acids is 1. The zero-order valence-corrected chi connectivity index (χ0v) is 12.4. The first kappa shape index (κ1) is 14.8. The summed E-state index contributed by atoms with van der Waals surface area (Å²) < 4.78 is 5.08. The van der Waals surface area contributed by atoms with Crippen molar-refractivity contribution in [2.24, 2.45) is 5.10 Å². The SMILES string of the molecule is COc1ccc(/C=N/NC(=O)c2ccc(C)c(C)c2)cc1. The third kappa shape index (κ3) is 3.92. The van der Waals surface area contributed by atoms with Crippen LogP contribution in [0.25, 0.3) is 0 Å². The Morgan fingerprint density at radius 2 is 1.81 bits per heavy atom. The third-order valence-electron chi connectivity index (χ3n) is 3.26. The molecule has 0 radical (unpaired) electrons. The predicted molar refractivity (Wildman–Crippen MR) is 84.0 cm³/mol. The minimum absolute atomic E-state index is 0.220. The minimum Gasteiger partial charge on any atom is -0.497 e. The van der Waals surface area contributed by atoms with Crippen LogP contribution in [0.4, 0.5) is 0 Å². The van der Waals surface area contributed by atoms with Gasteiger partial charge in [0.25, 0.3) is 5.91 Å². The number of methoxy groups -OCH3 is 1. The molecule has 0 bridgehead atoms. The summed E-state index contributed by atoms with van der Waals surface area (Å²) in [4.78, 5) is 12.0. The van der Waals surface area contributed by atoms with Crippen molar-refractivity contribution >= 4 is 12.1 Å². The summed E-state index contributed by atoms with van der Waals surface area (Å²) in [7, 11) is 1.62. The molecule has 0 heterocycles. The Morgan fingerprint density at radius 1 is 1.10 bits per heavy atom. The van der Waals surface area contributed by atoms with Crippen molar-refractivity contribution in [1.29, 1.82) is 0 Å². The van der Waals surface area contributed by atoms with Gasteiger partial charge >= 0.3 is 0 Å². The molecule has 0 atom stereocenters. The van der Waals surface area contributed by atoms with Crippen LogP contribution in [-0.4, -0.2) is 19.2 Å². The van der Waals surface area contributed by atoms with Gasteiger partial charge in [0, 0.05) is 5.56 Å². The van der Waals surface area contributed by atoms with Gasteiger partial charge in [-0.1, -0.05) is 6.07 Å². The highest BCUT2D eigenvalue weighted by atomic mass is 16.5. The minimum atomic E-state index is -0.220. The summed E-state index contributed by atoms with van der Waals surface area (Å²) in [6.45, 7) is 3.99. The van der Waals surface area contributed by atoms with Gasteiger partial charge in [0.15, 0.2) is 0 Å².